The molecule has 0 fully saturated rings. The second-order valence-electron chi connectivity index (χ2n) is 4.95. The fourth-order valence-corrected chi connectivity index (χ4v) is 3.02. The van der Waals surface area contributed by atoms with Gasteiger partial charge in [0.15, 0.2) is 0 Å². The van der Waals surface area contributed by atoms with Crippen molar-refractivity contribution in [2.24, 2.45) is 0 Å². The Morgan fingerprint density at radius 2 is 2.12 bits per heavy atom. The van der Waals surface area contributed by atoms with E-state index in [9.17, 15) is 0 Å². The fraction of sp³-hybridized carbons (Fsp3) is 0.667. The van der Waals surface area contributed by atoms with Crippen molar-refractivity contribution in [3.8, 4) is 12.3 Å². The molecule has 1 unspecified atom stereocenters. The van der Waals surface area contributed by atoms with Gasteiger partial charge in [0.1, 0.15) is 5.69 Å². The molecule has 0 N–H and O–H groups in total. The SMILES string of the molecule is C#Cc1nscc1C(C)(CC)CCCCCC. The summed E-state index contributed by atoms with van der Waals surface area (Å²) in [7, 11) is 0. The van der Waals surface area contributed by atoms with E-state index < -0.39 is 0 Å². The summed E-state index contributed by atoms with van der Waals surface area (Å²) in [6.07, 6.45) is 13.1. The van der Waals surface area contributed by atoms with Crippen LogP contribution < -0.4 is 0 Å². The van der Waals surface area contributed by atoms with Gasteiger partial charge in [-0.1, -0.05) is 46.5 Å². The molecule has 1 heterocycles. The van der Waals surface area contributed by atoms with E-state index in [0.29, 0.717) is 0 Å². The van der Waals surface area contributed by atoms with E-state index in [2.05, 4.69) is 36.4 Å². The third kappa shape index (κ3) is 3.57. The molecule has 0 aromatic carbocycles. The Balaban J connectivity index is 2.71. The molecule has 1 aromatic heterocycles. The van der Waals surface area contributed by atoms with Gasteiger partial charge in [0.25, 0.3) is 0 Å². The first kappa shape index (κ1) is 14.3. The van der Waals surface area contributed by atoms with Crippen LogP contribution >= 0.6 is 11.5 Å². The number of rotatable bonds is 7. The molecule has 0 radical (unpaired) electrons. The van der Waals surface area contributed by atoms with Crippen LogP contribution in [0.3, 0.4) is 0 Å². The molecule has 0 bridgehead atoms. The molecule has 0 amide bonds. The summed E-state index contributed by atoms with van der Waals surface area (Å²) in [6, 6.07) is 0. The molecule has 1 rings (SSSR count). The van der Waals surface area contributed by atoms with Gasteiger partial charge >= 0.3 is 0 Å². The van der Waals surface area contributed by atoms with Crippen LogP contribution in [0.15, 0.2) is 5.38 Å². The van der Waals surface area contributed by atoms with Crippen LogP contribution in [0.25, 0.3) is 0 Å². The summed E-state index contributed by atoms with van der Waals surface area (Å²) < 4.78 is 4.30. The quantitative estimate of drug-likeness (QED) is 0.501. The second kappa shape index (κ2) is 6.81. The van der Waals surface area contributed by atoms with Crippen molar-refractivity contribution in [1.29, 1.82) is 0 Å². The summed E-state index contributed by atoms with van der Waals surface area (Å²) in [5.74, 6) is 2.72. The average molecular weight is 249 g/mol. The number of aromatic nitrogens is 1. The number of nitrogens with zero attached hydrogens (tertiary/aromatic N) is 1. The summed E-state index contributed by atoms with van der Waals surface area (Å²) in [6.45, 7) is 6.82. The van der Waals surface area contributed by atoms with E-state index in [-0.39, 0.29) is 5.41 Å². The Kier molecular flexibility index (Phi) is 5.71. The van der Waals surface area contributed by atoms with Gasteiger partial charge in [0.05, 0.1) is 0 Å². The molecule has 17 heavy (non-hydrogen) atoms. The maximum atomic E-state index is 5.52. The molecule has 94 valence electrons. The summed E-state index contributed by atoms with van der Waals surface area (Å²) in [5.41, 5.74) is 2.35. The first-order chi connectivity index (χ1) is 8.18. The Morgan fingerprint density at radius 1 is 1.35 bits per heavy atom. The normalized spacial score (nSPS) is 14.2. The minimum absolute atomic E-state index is 0.211. The third-order valence-electron chi connectivity index (χ3n) is 3.72. The van der Waals surface area contributed by atoms with Crippen molar-refractivity contribution in [1.82, 2.24) is 4.37 Å². The molecule has 0 aliphatic rings. The molecule has 1 nitrogen and oxygen atoms in total. The number of hydrogen-bond donors (Lipinski definition) is 0. The van der Waals surface area contributed by atoms with E-state index in [1.54, 1.807) is 0 Å². The van der Waals surface area contributed by atoms with Crippen molar-refractivity contribution in [3.05, 3.63) is 16.6 Å². The van der Waals surface area contributed by atoms with Gasteiger partial charge in [-0.05, 0) is 35.7 Å². The molecule has 0 aliphatic carbocycles. The van der Waals surface area contributed by atoms with E-state index >= 15 is 0 Å². The largest absolute Gasteiger partial charge is 0.184 e. The maximum Gasteiger partial charge on any atom is 0.130 e. The lowest BCUT2D eigenvalue weighted by Crippen LogP contribution is -2.21. The van der Waals surface area contributed by atoms with Gasteiger partial charge in [-0.2, -0.15) is 4.37 Å². The first-order valence-electron chi connectivity index (χ1n) is 6.59. The van der Waals surface area contributed by atoms with Gasteiger partial charge in [-0.25, -0.2) is 0 Å². The van der Waals surface area contributed by atoms with Crippen LogP contribution in [0.5, 0.6) is 0 Å². The van der Waals surface area contributed by atoms with Crippen molar-refractivity contribution in [2.45, 2.75) is 64.7 Å². The summed E-state index contributed by atoms with van der Waals surface area (Å²) in [4.78, 5) is 0. The highest BCUT2D eigenvalue weighted by atomic mass is 32.1. The van der Waals surface area contributed by atoms with E-state index in [0.717, 1.165) is 12.1 Å². The molecule has 2 heteroatoms. The van der Waals surface area contributed by atoms with Crippen LogP contribution in [0.2, 0.25) is 0 Å². The molecule has 0 aliphatic heterocycles. The zero-order valence-electron chi connectivity index (χ0n) is 11.3. The molecular weight excluding hydrogens is 226 g/mol. The average Bonchev–Trinajstić information content (AvgIpc) is 2.83. The zero-order chi connectivity index (χ0) is 12.7. The highest BCUT2D eigenvalue weighted by Gasteiger charge is 2.27. The predicted octanol–water partition coefficient (Wildman–Crippen LogP) is 4.76. The molecule has 0 spiro atoms. The first-order valence-corrected chi connectivity index (χ1v) is 7.43. The highest BCUT2D eigenvalue weighted by molar-refractivity contribution is 7.03. The highest BCUT2D eigenvalue weighted by Crippen LogP contribution is 2.35. The van der Waals surface area contributed by atoms with Gasteiger partial charge < -0.3 is 0 Å². The number of terminal acetylenes is 1. The number of unbranched alkanes of at least 4 members (excludes halogenated alkanes) is 3. The van der Waals surface area contributed by atoms with Crippen molar-refractivity contribution in [2.75, 3.05) is 0 Å². The minimum atomic E-state index is 0.211. The van der Waals surface area contributed by atoms with Gasteiger partial charge in [0, 0.05) is 10.9 Å². The summed E-state index contributed by atoms with van der Waals surface area (Å²) >= 11 is 1.48. The van der Waals surface area contributed by atoms with Crippen LogP contribution in [-0.4, -0.2) is 4.37 Å². The van der Waals surface area contributed by atoms with E-state index in [1.807, 2.05) is 0 Å². The Labute approximate surface area is 110 Å². The van der Waals surface area contributed by atoms with Crippen LogP contribution in [0, 0.1) is 12.3 Å². The standard InChI is InChI=1S/C15H23NS/c1-5-8-9-10-11-15(4,7-3)13-12-17-16-14(13)6-2/h2,12H,5,7-11H2,1,3-4H3. The number of hydrogen-bond acceptors (Lipinski definition) is 2. The lowest BCUT2D eigenvalue weighted by Gasteiger charge is -2.28. The summed E-state index contributed by atoms with van der Waals surface area (Å²) in [5, 5.41) is 2.14. The van der Waals surface area contributed by atoms with Gasteiger partial charge in [0.2, 0.25) is 0 Å². The van der Waals surface area contributed by atoms with Crippen LogP contribution in [-0.2, 0) is 5.41 Å². The van der Waals surface area contributed by atoms with Crippen molar-refractivity contribution in [3.63, 3.8) is 0 Å². The van der Waals surface area contributed by atoms with E-state index in [1.165, 1.54) is 49.2 Å². The maximum absolute atomic E-state index is 5.52. The predicted molar refractivity (Wildman–Crippen MR) is 76.5 cm³/mol. The van der Waals surface area contributed by atoms with Crippen molar-refractivity contribution >= 4 is 11.5 Å². The molecule has 0 saturated carbocycles. The van der Waals surface area contributed by atoms with Gasteiger partial charge in [-0.15, -0.1) is 6.42 Å². The van der Waals surface area contributed by atoms with Crippen molar-refractivity contribution < 1.29 is 0 Å². The Bertz CT molecular complexity index is 375. The van der Waals surface area contributed by atoms with Crippen LogP contribution in [0.1, 0.15) is 70.6 Å². The van der Waals surface area contributed by atoms with E-state index in [4.69, 9.17) is 6.42 Å². The molecular formula is C15H23NS. The fourth-order valence-electron chi connectivity index (χ4n) is 2.21. The lowest BCUT2D eigenvalue weighted by molar-refractivity contribution is 0.396. The smallest absolute Gasteiger partial charge is 0.130 e. The molecule has 1 aromatic rings. The van der Waals surface area contributed by atoms with Gasteiger partial charge in [-0.3, -0.25) is 0 Å². The monoisotopic (exact) mass is 249 g/mol. The zero-order valence-corrected chi connectivity index (χ0v) is 12.1. The lowest BCUT2D eigenvalue weighted by atomic mass is 9.76. The van der Waals surface area contributed by atoms with Crippen LogP contribution in [0.4, 0.5) is 0 Å². The molecule has 0 saturated heterocycles. The minimum Gasteiger partial charge on any atom is -0.184 e. The third-order valence-corrected chi connectivity index (χ3v) is 4.35. The topological polar surface area (TPSA) is 12.9 Å². The Hall–Kier alpha value is -0.810. The molecule has 1 atom stereocenters. The second-order valence-corrected chi connectivity index (χ2v) is 5.58. The Morgan fingerprint density at radius 3 is 2.71 bits per heavy atom.